The van der Waals surface area contributed by atoms with Gasteiger partial charge in [0.25, 0.3) is 0 Å². The molecule has 0 radical (unpaired) electrons. The third kappa shape index (κ3) is 5.62. The second-order valence-electron chi connectivity index (χ2n) is 6.05. The Morgan fingerprint density at radius 2 is 1.96 bits per heavy atom. The normalized spacial score (nSPS) is 16.7. The monoisotopic (exact) mass is 390 g/mol. The topological polar surface area (TPSA) is 91.1 Å². The van der Waals surface area contributed by atoms with Gasteiger partial charge in [-0.1, -0.05) is 0 Å². The SMILES string of the molecule is COCCOc1ccc(F)cc1S(=O)(=O)N1CCC(OCCCN)CC1. The van der Waals surface area contributed by atoms with Crippen molar-refractivity contribution in [2.75, 3.05) is 46.6 Å². The van der Waals surface area contributed by atoms with E-state index < -0.39 is 15.8 Å². The van der Waals surface area contributed by atoms with E-state index in [-0.39, 0.29) is 23.4 Å². The molecule has 2 N–H and O–H groups in total. The quantitative estimate of drug-likeness (QED) is 0.607. The highest BCUT2D eigenvalue weighted by atomic mass is 32.2. The van der Waals surface area contributed by atoms with Crippen LogP contribution in [0.3, 0.4) is 0 Å². The van der Waals surface area contributed by atoms with Crippen molar-refractivity contribution in [3.63, 3.8) is 0 Å². The molecule has 0 unspecified atom stereocenters. The van der Waals surface area contributed by atoms with Crippen molar-refractivity contribution in [2.45, 2.75) is 30.3 Å². The summed E-state index contributed by atoms with van der Waals surface area (Å²) in [6.45, 7) is 2.28. The number of sulfonamides is 1. The molecule has 1 aliphatic heterocycles. The number of hydrogen-bond donors (Lipinski definition) is 1. The first-order chi connectivity index (χ1) is 12.5. The Kier molecular flexibility index (Phi) is 8.23. The Morgan fingerprint density at radius 1 is 1.23 bits per heavy atom. The fraction of sp³-hybridized carbons (Fsp3) is 0.647. The molecule has 1 heterocycles. The van der Waals surface area contributed by atoms with Gasteiger partial charge in [0.2, 0.25) is 10.0 Å². The van der Waals surface area contributed by atoms with Gasteiger partial charge in [0.05, 0.1) is 12.7 Å². The number of piperidine rings is 1. The summed E-state index contributed by atoms with van der Waals surface area (Å²) in [5.74, 6) is -0.493. The number of nitrogens with zero attached hydrogens (tertiary/aromatic N) is 1. The molecule has 1 saturated heterocycles. The van der Waals surface area contributed by atoms with E-state index in [2.05, 4.69) is 0 Å². The Hall–Kier alpha value is -1.26. The Balaban J connectivity index is 2.06. The smallest absolute Gasteiger partial charge is 0.246 e. The van der Waals surface area contributed by atoms with Crippen molar-refractivity contribution < 1.29 is 27.0 Å². The lowest BCUT2D eigenvalue weighted by atomic mass is 10.1. The summed E-state index contributed by atoms with van der Waals surface area (Å²) >= 11 is 0. The number of methoxy groups -OCH3 is 1. The van der Waals surface area contributed by atoms with E-state index in [4.69, 9.17) is 19.9 Å². The zero-order valence-corrected chi connectivity index (χ0v) is 15.8. The van der Waals surface area contributed by atoms with Crippen molar-refractivity contribution in [1.82, 2.24) is 4.31 Å². The molecule has 0 aromatic heterocycles. The highest BCUT2D eigenvalue weighted by Crippen LogP contribution is 2.30. The van der Waals surface area contributed by atoms with Crippen LogP contribution in [0.15, 0.2) is 23.1 Å². The number of benzene rings is 1. The van der Waals surface area contributed by atoms with E-state index in [1.54, 1.807) is 0 Å². The summed E-state index contributed by atoms with van der Waals surface area (Å²) in [4.78, 5) is -0.156. The lowest BCUT2D eigenvalue weighted by molar-refractivity contribution is 0.0208. The molecule has 0 saturated carbocycles. The predicted octanol–water partition coefficient (Wildman–Crippen LogP) is 1.37. The first-order valence-electron chi connectivity index (χ1n) is 8.72. The summed E-state index contributed by atoms with van der Waals surface area (Å²) in [5.41, 5.74) is 5.44. The van der Waals surface area contributed by atoms with Gasteiger partial charge in [0.15, 0.2) is 0 Å². The van der Waals surface area contributed by atoms with E-state index in [0.29, 0.717) is 45.7 Å². The van der Waals surface area contributed by atoms with Crippen molar-refractivity contribution in [1.29, 1.82) is 0 Å². The first-order valence-corrected chi connectivity index (χ1v) is 10.2. The predicted molar refractivity (Wildman–Crippen MR) is 95.2 cm³/mol. The summed E-state index contributed by atoms with van der Waals surface area (Å²) in [7, 11) is -2.33. The molecule has 0 amide bonds. The number of hydrogen-bond acceptors (Lipinski definition) is 6. The second-order valence-corrected chi connectivity index (χ2v) is 7.96. The molecule has 0 atom stereocenters. The number of nitrogens with two attached hydrogens (primary N) is 1. The van der Waals surface area contributed by atoms with Crippen LogP contribution in [0.25, 0.3) is 0 Å². The molecule has 1 aromatic rings. The van der Waals surface area contributed by atoms with Crippen LogP contribution >= 0.6 is 0 Å². The molecular formula is C17H27FN2O5S. The van der Waals surface area contributed by atoms with Crippen LogP contribution in [-0.2, 0) is 19.5 Å². The van der Waals surface area contributed by atoms with E-state index >= 15 is 0 Å². The number of rotatable bonds is 10. The molecule has 1 fully saturated rings. The second kappa shape index (κ2) is 10.2. The fourth-order valence-corrected chi connectivity index (χ4v) is 4.36. The lowest BCUT2D eigenvalue weighted by Crippen LogP contribution is -2.41. The maximum atomic E-state index is 13.7. The Bertz CT molecular complexity index is 663. The molecule has 0 spiro atoms. The van der Waals surface area contributed by atoms with Gasteiger partial charge < -0.3 is 19.9 Å². The maximum Gasteiger partial charge on any atom is 0.246 e. The van der Waals surface area contributed by atoms with Crippen LogP contribution < -0.4 is 10.5 Å². The average molecular weight is 390 g/mol. The lowest BCUT2D eigenvalue weighted by Gasteiger charge is -2.31. The zero-order valence-electron chi connectivity index (χ0n) is 15.0. The Morgan fingerprint density at radius 3 is 2.62 bits per heavy atom. The van der Waals surface area contributed by atoms with Crippen LogP contribution in [0.2, 0.25) is 0 Å². The molecule has 0 bridgehead atoms. The highest BCUT2D eigenvalue weighted by molar-refractivity contribution is 7.89. The minimum absolute atomic E-state index is 0.0259. The van der Waals surface area contributed by atoms with Gasteiger partial charge in [-0.15, -0.1) is 0 Å². The standard InChI is InChI=1S/C17H27FN2O5S/c1-23-11-12-25-16-4-3-14(18)13-17(16)26(21,22)20-8-5-15(6-9-20)24-10-2-7-19/h3-4,13,15H,2,5-12,19H2,1H3. The molecular weight excluding hydrogens is 363 g/mol. The molecule has 7 nitrogen and oxygen atoms in total. The van der Waals surface area contributed by atoms with Gasteiger partial charge >= 0.3 is 0 Å². The molecule has 2 rings (SSSR count). The largest absolute Gasteiger partial charge is 0.490 e. The fourth-order valence-electron chi connectivity index (χ4n) is 2.75. The highest BCUT2D eigenvalue weighted by Gasteiger charge is 2.32. The van der Waals surface area contributed by atoms with E-state index in [0.717, 1.165) is 12.5 Å². The van der Waals surface area contributed by atoms with Crippen LogP contribution in [-0.4, -0.2) is 65.4 Å². The molecule has 0 aliphatic carbocycles. The minimum atomic E-state index is -3.85. The van der Waals surface area contributed by atoms with Gasteiger partial charge in [0.1, 0.15) is 23.1 Å². The van der Waals surface area contributed by atoms with E-state index in [1.807, 2.05) is 0 Å². The van der Waals surface area contributed by atoms with Gasteiger partial charge in [-0.3, -0.25) is 0 Å². The summed E-state index contributed by atoms with van der Waals surface area (Å²) in [5, 5.41) is 0. The van der Waals surface area contributed by atoms with Crippen molar-refractivity contribution in [2.24, 2.45) is 5.73 Å². The molecule has 1 aromatic carbocycles. The zero-order chi connectivity index (χ0) is 19.0. The van der Waals surface area contributed by atoms with E-state index in [1.165, 1.54) is 23.5 Å². The van der Waals surface area contributed by atoms with Crippen molar-refractivity contribution >= 4 is 10.0 Å². The average Bonchev–Trinajstić information content (AvgIpc) is 2.64. The van der Waals surface area contributed by atoms with Gasteiger partial charge in [-0.05, 0) is 44.0 Å². The first kappa shape index (κ1) is 21.0. The maximum absolute atomic E-state index is 13.7. The molecule has 26 heavy (non-hydrogen) atoms. The summed E-state index contributed by atoms with van der Waals surface area (Å²) < 4.78 is 57.0. The Labute approximate surface area is 154 Å². The molecule has 1 aliphatic rings. The number of ether oxygens (including phenoxy) is 3. The summed E-state index contributed by atoms with van der Waals surface area (Å²) in [6, 6.07) is 3.51. The van der Waals surface area contributed by atoms with Crippen molar-refractivity contribution in [3.05, 3.63) is 24.0 Å². The third-order valence-electron chi connectivity index (χ3n) is 4.17. The molecule has 9 heteroatoms. The molecule has 148 valence electrons. The third-order valence-corrected chi connectivity index (χ3v) is 6.09. The summed E-state index contributed by atoms with van der Waals surface area (Å²) in [6.07, 6.45) is 2.00. The van der Waals surface area contributed by atoms with Crippen LogP contribution in [0, 0.1) is 5.82 Å². The van der Waals surface area contributed by atoms with Gasteiger partial charge in [0, 0.05) is 26.8 Å². The minimum Gasteiger partial charge on any atom is -0.490 e. The number of halogens is 1. The van der Waals surface area contributed by atoms with Crippen molar-refractivity contribution in [3.8, 4) is 5.75 Å². The van der Waals surface area contributed by atoms with Crippen LogP contribution in [0.1, 0.15) is 19.3 Å². The van der Waals surface area contributed by atoms with Crippen LogP contribution in [0.4, 0.5) is 4.39 Å². The van der Waals surface area contributed by atoms with Gasteiger partial charge in [-0.25, -0.2) is 12.8 Å². The van der Waals surface area contributed by atoms with Gasteiger partial charge in [-0.2, -0.15) is 4.31 Å². The van der Waals surface area contributed by atoms with Crippen LogP contribution in [0.5, 0.6) is 5.75 Å². The van der Waals surface area contributed by atoms with E-state index in [9.17, 15) is 12.8 Å².